The van der Waals surface area contributed by atoms with Gasteiger partial charge in [-0.1, -0.05) is 36.8 Å². The van der Waals surface area contributed by atoms with E-state index in [1.165, 1.54) is 50.8 Å². The number of nitrogens with zero attached hydrogens (tertiary/aromatic N) is 3. The summed E-state index contributed by atoms with van der Waals surface area (Å²) in [5.74, 6) is 0.644. The molecule has 0 spiro atoms. The van der Waals surface area contributed by atoms with Crippen LogP contribution in [-0.4, -0.2) is 85.5 Å². The molecule has 1 unspecified atom stereocenters. The van der Waals surface area contributed by atoms with Gasteiger partial charge in [0.2, 0.25) is 11.8 Å². The normalized spacial score (nSPS) is 25.8. The number of carbonyl (C=O) groups is 2. The predicted octanol–water partition coefficient (Wildman–Crippen LogP) is 3.21. The summed E-state index contributed by atoms with van der Waals surface area (Å²) < 4.78 is 5.27. The molecule has 3 aliphatic rings. The Hall–Kier alpha value is -1.92. The first kappa shape index (κ1) is 24.2. The standard InChI is InChI=1S/C27H41N3O3/c1-33-18-8-16-30(20-23-11-7-15-28-14-6-5-12-25(23)28)27(32)24-19-26(31)29(21-24)17-13-22-9-3-2-4-10-22/h2-4,9-10,23-25H,5-8,11-21H2,1H3/t23-,24?,25+/m0/s1. The van der Waals surface area contributed by atoms with Crippen molar-refractivity contribution in [2.24, 2.45) is 11.8 Å². The third-order valence-corrected chi connectivity index (χ3v) is 7.85. The van der Waals surface area contributed by atoms with E-state index < -0.39 is 0 Å². The van der Waals surface area contributed by atoms with Crippen LogP contribution in [-0.2, 0) is 20.7 Å². The van der Waals surface area contributed by atoms with Gasteiger partial charge < -0.3 is 19.4 Å². The minimum absolute atomic E-state index is 0.122. The van der Waals surface area contributed by atoms with Crippen molar-refractivity contribution >= 4 is 11.8 Å². The van der Waals surface area contributed by atoms with Gasteiger partial charge in [0.1, 0.15) is 0 Å². The van der Waals surface area contributed by atoms with Gasteiger partial charge in [0.25, 0.3) is 0 Å². The van der Waals surface area contributed by atoms with Gasteiger partial charge in [-0.25, -0.2) is 0 Å². The molecule has 0 N–H and O–H groups in total. The van der Waals surface area contributed by atoms with Crippen LogP contribution in [0.15, 0.2) is 30.3 Å². The van der Waals surface area contributed by atoms with Gasteiger partial charge in [0.05, 0.1) is 5.92 Å². The molecule has 4 rings (SSSR count). The molecule has 3 saturated heterocycles. The lowest BCUT2D eigenvalue weighted by atomic mass is 9.83. The highest BCUT2D eigenvalue weighted by Gasteiger charge is 2.39. The number of rotatable bonds is 10. The van der Waals surface area contributed by atoms with Crippen molar-refractivity contribution in [2.45, 2.75) is 57.4 Å². The second-order valence-electron chi connectivity index (χ2n) is 10.1. The Labute approximate surface area is 199 Å². The van der Waals surface area contributed by atoms with Gasteiger partial charge in [0, 0.05) is 52.4 Å². The van der Waals surface area contributed by atoms with E-state index in [2.05, 4.69) is 21.9 Å². The van der Waals surface area contributed by atoms with E-state index in [0.29, 0.717) is 38.1 Å². The van der Waals surface area contributed by atoms with Crippen molar-refractivity contribution in [1.29, 1.82) is 0 Å². The number of carbonyl (C=O) groups excluding carboxylic acids is 2. The number of hydrogen-bond acceptors (Lipinski definition) is 4. The zero-order chi connectivity index (χ0) is 23.0. The number of fused-ring (bicyclic) bond motifs is 1. The number of benzene rings is 1. The summed E-state index contributed by atoms with van der Waals surface area (Å²) in [6.07, 6.45) is 8.37. The van der Waals surface area contributed by atoms with Crippen molar-refractivity contribution in [3.05, 3.63) is 35.9 Å². The Balaban J connectivity index is 1.36. The van der Waals surface area contributed by atoms with Crippen LogP contribution in [0, 0.1) is 11.8 Å². The lowest BCUT2D eigenvalue weighted by Gasteiger charge is -2.46. The molecule has 3 heterocycles. The van der Waals surface area contributed by atoms with Crippen molar-refractivity contribution in [1.82, 2.24) is 14.7 Å². The smallest absolute Gasteiger partial charge is 0.228 e. The van der Waals surface area contributed by atoms with Gasteiger partial charge in [-0.3, -0.25) is 9.59 Å². The van der Waals surface area contributed by atoms with E-state index in [4.69, 9.17) is 4.74 Å². The third kappa shape index (κ3) is 6.36. The quantitative estimate of drug-likeness (QED) is 0.509. The fraction of sp³-hybridized carbons (Fsp3) is 0.704. The Morgan fingerprint density at radius 1 is 1.12 bits per heavy atom. The summed E-state index contributed by atoms with van der Waals surface area (Å²) in [7, 11) is 1.72. The molecule has 0 radical (unpaired) electrons. The van der Waals surface area contributed by atoms with Crippen LogP contribution < -0.4 is 0 Å². The van der Waals surface area contributed by atoms with E-state index in [1.54, 1.807) is 7.11 Å². The molecule has 182 valence electrons. The Kier molecular flexibility index (Phi) is 8.79. The third-order valence-electron chi connectivity index (χ3n) is 7.85. The number of piperidine rings is 2. The van der Waals surface area contributed by atoms with Crippen molar-refractivity contribution in [3.63, 3.8) is 0 Å². The molecule has 3 fully saturated rings. The number of amides is 2. The van der Waals surface area contributed by atoms with Crippen LogP contribution in [0.2, 0.25) is 0 Å². The first-order chi connectivity index (χ1) is 16.2. The van der Waals surface area contributed by atoms with E-state index in [0.717, 1.165) is 25.9 Å². The Bertz CT molecular complexity index is 769. The summed E-state index contributed by atoms with van der Waals surface area (Å²) >= 11 is 0. The second kappa shape index (κ2) is 12.0. The van der Waals surface area contributed by atoms with Crippen LogP contribution >= 0.6 is 0 Å². The van der Waals surface area contributed by atoms with Crippen LogP contribution in [0.5, 0.6) is 0 Å². The number of ether oxygens (including phenoxy) is 1. The maximum Gasteiger partial charge on any atom is 0.228 e. The molecule has 3 aliphatic heterocycles. The van der Waals surface area contributed by atoms with Gasteiger partial charge in [-0.05, 0) is 63.1 Å². The van der Waals surface area contributed by atoms with E-state index >= 15 is 0 Å². The van der Waals surface area contributed by atoms with Crippen LogP contribution in [0.25, 0.3) is 0 Å². The maximum atomic E-state index is 13.6. The summed E-state index contributed by atoms with van der Waals surface area (Å²) in [5, 5.41) is 0. The monoisotopic (exact) mass is 455 g/mol. The van der Waals surface area contributed by atoms with Crippen molar-refractivity contribution < 1.29 is 14.3 Å². The Morgan fingerprint density at radius 2 is 1.94 bits per heavy atom. The first-order valence-corrected chi connectivity index (χ1v) is 13.0. The molecule has 1 aromatic carbocycles. The molecule has 0 bridgehead atoms. The molecule has 2 amide bonds. The largest absolute Gasteiger partial charge is 0.385 e. The molecular formula is C27H41N3O3. The van der Waals surface area contributed by atoms with Gasteiger partial charge >= 0.3 is 0 Å². The fourth-order valence-electron chi connectivity index (χ4n) is 6.09. The maximum absolute atomic E-state index is 13.6. The molecule has 1 aromatic rings. The highest BCUT2D eigenvalue weighted by molar-refractivity contribution is 5.89. The molecular weight excluding hydrogens is 414 g/mol. The number of methoxy groups -OCH3 is 1. The summed E-state index contributed by atoms with van der Waals surface area (Å²) in [5.41, 5.74) is 1.23. The second-order valence-corrected chi connectivity index (χ2v) is 10.1. The van der Waals surface area contributed by atoms with Gasteiger partial charge in [0.15, 0.2) is 0 Å². The highest BCUT2D eigenvalue weighted by Crippen LogP contribution is 2.32. The number of hydrogen-bond donors (Lipinski definition) is 0. The van der Waals surface area contributed by atoms with Crippen molar-refractivity contribution in [2.75, 3.05) is 53.0 Å². The molecule has 0 aromatic heterocycles. The van der Waals surface area contributed by atoms with E-state index in [-0.39, 0.29) is 17.7 Å². The molecule has 6 nitrogen and oxygen atoms in total. The number of likely N-dealkylation sites (tertiary alicyclic amines) is 1. The van der Waals surface area contributed by atoms with E-state index in [1.807, 2.05) is 23.1 Å². The molecule has 33 heavy (non-hydrogen) atoms. The van der Waals surface area contributed by atoms with Gasteiger partial charge in [-0.15, -0.1) is 0 Å². The minimum Gasteiger partial charge on any atom is -0.385 e. The van der Waals surface area contributed by atoms with Crippen molar-refractivity contribution in [3.8, 4) is 0 Å². The van der Waals surface area contributed by atoms with Crippen LogP contribution in [0.4, 0.5) is 0 Å². The Morgan fingerprint density at radius 3 is 2.76 bits per heavy atom. The average molecular weight is 456 g/mol. The lowest BCUT2D eigenvalue weighted by Crippen LogP contribution is -2.52. The summed E-state index contributed by atoms with van der Waals surface area (Å²) in [4.78, 5) is 33.0. The molecule has 6 heteroatoms. The fourth-order valence-corrected chi connectivity index (χ4v) is 6.09. The SMILES string of the molecule is COCCCN(C[C@@H]1CCCN2CCCC[C@H]12)C(=O)C1CC(=O)N(CCc2ccccc2)C1. The molecule has 0 saturated carbocycles. The predicted molar refractivity (Wildman–Crippen MR) is 130 cm³/mol. The highest BCUT2D eigenvalue weighted by atomic mass is 16.5. The van der Waals surface area contributed by atoms with E-state index in [9.17, 15) is 9.59 Å². The van der Waals surface area contributed by atoms with Gasteiger partial charge in [-0.2, -0.15) is 0 Å². The van der Waals surface area contributed by atoms with Crippen LogP contribution in [0.3, 0.4) is 0 Å². The molecule has 0 aliphatic carbocycles. The first-order valence-electron chi connectivity index (χ1n) is 13.0. The molecule has 3 atom stereocenters. The summed E-state index contributed by atoms with van der Waals surface area (Å²) in [6, 6.07) is 10.9. The van der Waals surface area contributed by atoms with Crippen LogP contribution in [0.1, 0.15) is 50.5 Å². The minimum atomic E-state index is -0.207. The lowest BCUT2D eigenvalue weighted by molar-refractivity contribution is -0.137. The zero-order valence-corrected chi connectivity index (χ0v) is 20.3. The summed E-state index contributed by atoms with van der Waals surface area (Å²) in [6.45, 7) is 5.90. The zero-order valence-electron chi connectivity index (χ0n) is 20.3. The average Bonchev–Trinajstić information content (AvgIpc) is 3.23. The topological polar surface area (TPSA) is 53.1 Å².